The first-order valence-corrected chi connectivity index (χ1v) is 7.14. The summed E-state index contributed by atoms with van der Waals surface area (Å²) in [6.45, 7) is 4.20. The number of benzene rings is 1. The summed E-state index contributed by atoms with van der Waals surface area (Å²) in [5.41, 5.74) is 3.68. The summed E-state index contributed by atoms with van der Waals surface area (Å²) >= 11 is 0. The fourth-order valence-electron chi connectivity index (χ4n) is 2.14. The van der Waals surface area contributed by atoms with E-state index in [1.165, 1.54) is 5.92 Å². The third kappa shape index (κ3) is 4.07. The van der Waals surface area contributed by atoms with E-state index in [0.717, 1.165) is 34.7 Å². The standard InChI is InChI=1S/C18H21N2O2/c1-13(2)11-16-8-5-15(12-19-16)18(20-22-4)14-6-9-17(21-3)10-7-14/h5-10,12H,11H2,1-4H3. The van der Waals surface area contributed by atoms with E-state index >= 15 is 0 Å². The molecule has 2 rings (SSSR count). The number of oxime groups is 1. The van der Waals surface area contributed by atoms with E-state index < -0.39 is 0 Å². The molecule has 4 nitrogen and oxygen atoms in total. The van der Waals surface area contributed by atoms with Crippen molar-refractivity contribution in [2.75, 3.05) is 14.2 Å². The van der Waals surface area contributed by atoms with Crippen molar-refractivity contribution in [2.24, 2.45) is 5.16 Å². The summed E-state index contributed by atoms with van der Waals surface area (Å²) in [6.07, 6.45) is 2.72. The Morgan fingerprint density at radius 2 is 1.68 bits per heavy atom. The van der Waals surface area contributed by atoms with Gasteiger partial charge in [-0.25, -0.2) is 0 Å². The van der Waals surface area contributed by atoms with Crippen LogP contribution in [0.2, 0.25) is 0 Å². The molecule has 115 valence electrons. The molecule has 22 heavy (non-hydrogen) atoms. The summed E-state index contributed by atoms with van der Waals surface area (Å²) in [4.78, 5) is 9.49. The summed E-state index contributed by atoms with van der Waals surface area (Å²) in [5, 5.41) is 4.14. The number of rotatable bonds is 6. The van der Waals surface area contributed by atoms with E-state index in [1.54, 1.807) is 14.2 Å². The van der Waals surface area contributed by atoms with Gasteiger partial charge < -0.3 is 9.57 Å². The second-order valence-electron chi connectivity index (χ2n) is 5.27. The van der Waals surface area contributed by atoms with Crippen LogP contribution in [0.25, 0.3) is 0 Å². The third-order valence-corrected chi connectivity index (χ3v) is 3.18. The number of nitrogens with zero attached hydrogens (tertiary/aromatic N) is 2. The van der Waals surface area contributed by atoms with Crippen LogP contribution in [0.15, 0.2) is 47.8 Å². The van der Waals surface area contributed by atoms with Crippen LogP contribution in [-0.2, 0) is 11.3 Å². The molecule has 0 unspecified atom stereocenters. The lowest BCUT2D eigenvalue weighted by molar-refractivity contribution is 0.214. The molecule has 0 bridgehead atoms. The lowest BCUT2D eigenvalue weighted by Gasteiger charge is -2.09. The normalized spacial score (nSPS) is 11.6. The molecule has 0 fully saturated rings. The minimum atomic E-state index is 0.751. The molecule has 1 aromatic heterocycles. The fraction of sp³-hybridized carbons (Fsp3) is 0.278. The maximum atomic E-state index is 5.18. The topological polar surface area (TPSA) is 43.7 Å². The van der Waals surface area contributed by atoms with E-state index in [2.05, 4.69) is 24.0 Å². The highest BCUT2D eigenvalue weighted by molar-refractivity contribution is 6.12. The number of methoxy groups -OCH3 is 1. The van der Waals surface area contributed by atoms with Gasteiger partial charge in [0.15, 0.2) is 0 Å². The largest absolute Gasteiger partial charge is 0.497 e. The molecule has 0 aliphatic rings. The Morgan fingerprint density at radius 1 is 1.00 bits per heavy atom. The van der Waals surface area contributed by atoms with Crippen molar-refractivity contribution in [3.63, 3.8) is 0 Å². The molecular formula is C18H21N2O2. The quantitative estimate of drug-likeness (QED) is 0.604. The maximum absolute atomic E-state index is 5.18. The van der Waals surface area contributed by atoms with Gasteiger partial charge in [-0.3, -0.25) is 4.98 Å². The van der Waals surface area contributed by atoms with Gasteiger partial charge in [0.1, 0.15) is 18.6 Å². The zero-order valence-corrected chi connectivity index (χ0v) is 13.5. The molecule has 0 aliphatic heterocycles. The Bertz CT molecular complexity index is 617. The van der Waals surface area contributed by atoms with Crippen molar-refractivity contribution in [3.8, 4) is 5.75 Å². The zero-order chi connectivity index (χ0) is 15.9. The van der Waals surface area contributed by atoms with Crippen LogP contribution in [0.3, 0.4) is 0 Å². The Morgan fingerprint density at radius 3 is 2.18 bits per heavy atom. The van der Waals surface area contributed by atoms with Gasteiger partial charge in [0.2, 0.25) is 0 Å². The Labute approximate surface area is 131 Å². The Balaban J connectivity index is 2.29. The molecular weight excluding hydrogens is 276 g/mol. The van der Waals surface area contributed by atoms with Crippen molar-refractivity contribution in [1.29, 1.82) is 0 Å². The number of pyridine rings is 1. The Hall–Kier alpha value is -2.36. The lowest BCUT2D eigenvalue weighted by atomic mass is 10.0. The van der Waals surface area contributed by atoms with Crippen LogP contribution in [0.5, 0.6) is 5.75 Å². The van der Waals surface area contributed by atoms with Gasteiger partial charge >= 0.3 is 0 Å². The van der Waals surface area contributed by atoms with Crippen LogP contribution in [0.1, 0.15) is 30.7 Å². The van der Waals surface area contributed by atoms with Crippen molar-refractivity contribution in [1.82, 2.24) is 4.98 Å². The minimum Gasteiger partial charge on any atom is -0.497 e. The van der Waals surface area contributed by atoms with Gasteiger partial charge in [-0.1, -0.05) is 19.0 Å². The Kier molecular flexibility index (Phi) is 5.53. The van der Waals surface area contributed by atoms with Crippen molar-refractivity contribution < 1.29 is 9.57 Å². The average molecular weight is 297 g/mol. The molecule has 0 saturated heterocycles. The highest BCUT2D eigenvalue weighted by atomic mass is 16.6. The lowest BCUT2D eigenvalue weighted by Crippen LogP contribution is -2.06. The van der Waals surface area contributed by atoms with E-state index in [0.29, 0.717) is 0 Å². The molecule has 0 aliphatic carbocycles. The number of hydrogen-bond donors (Lipinski definition) is 0. The van der Waals surface area contributed by atoms with Gasteiger partial charge in [0.05, 0.1) is 7.11 Å². The summed E-state index contributed by atoms with van der Waals surface area (Å²) in [6, 6.07) is 11.8. The summed E-state index contributed by atoms with van der Waals surface area (Å²) in [7, 11) is 3.19. The maximum Gasteiger partial charge on any atom is 0.118 e. The highest BCUT2D eigenvalue weighted by Crippen LogP contribution is 2.16. The van der Waals surface area contributed by atoms with Gasteiger partial charge in [-0.2, -0.15) is 0 Å². The van der Waals surface area contributed by atoms with Crippen LogP contribution in [-0.4, -0.2) is 24.9 Å². The van der Waals surface area contributed by atoms with E-state index in [4.69, 9.17) is 9.57 Å². The predicted octanol–water partition coefficient (Wildman–Crippen LogP) is 3.65. The molecule has 2 aromatic rings. The average Bonchev–Trinajstić information content (AvgIpc) is 2.53. The molecule has 1 aromatic carbocycles. The number of hydrogen-bond acceptors (Lipinski definition) is 4. The SMILES string of the molecule is CON=C(c1ccc(OC)cc1)c1ccc(C[C](C)C)nc1. The highest BCUT2D eigenvalue weighted by Gasteiger charge is 2.10. The van der Waals surface area contributed by atoms with Gasteiger partial charge in [-0.15, -0.1) is 0 Å². The molecule has 0 saturated carbocycles. The van der Waals surface area contributed by atoms with Gasteiger partial charge in [0, 0.05) is 23.0 Å². The monoisotopic (exact) mass is 297 g/mol. The molecule has 0 atom stereocenters. The first-order valence-electron chi connectivity index (χ1n) is 7.14. The molecule has 4 heteroatoms. The number of aromatic nitrogens is 1. The zero-order valence-electron chi connectivity index (χ0n) is 13.5. The van der Waals surface area contributed by atoms with E-state index in [9.17, 15) is 0 Å². The molecule has 0 N–H and O–H groups in total. The molecule has 0 spiro atoms. The van der Waals surface area contributed by atoms with Crippen molar-refractivity contribution in [3.05, 3.63) is 65.3 Å². The minimum absolute atomic E-state index is 0.751. The summed E-state index contributed by atoms with van der Waals surface area (Å²) in [5.74, 6) is 2.14. The predicted molar refractivity (Wildman–Crippen MR) is 88.2 cm³/mol. The molecule has 0 amide bonds. The van der Waals surface area contributed by atoms with Crippen LogP contribution < -0.4 is 4.74 Å². The van der Waals surface area contributed by atoms with Crippen LogP contribution >= 0.6 is 0 Å². The van der Waals surface area contributed by atoms with Crippen LogP contribution in [0.4, 0.5) is 0 Å². The fourth-order valence-corrected chi connectivity index (χ4v) is 2.14. The van der Waals surface area contributed by atoms with Crippen molar-refractivity contribution >= 4 is 5.71 Å². The summed E-state index contributed by atoms with van der Waals surface area (Å²) < 4.78 is 5.18. The first-order chi connectivity index (χ1) is 10.6. The van der Waals surface area contributed by atoms with Gasteiger partial charge in [0.25, 0.3) is 0 Å². The second-order valence-corrected chi connectivity index (χ2v) is 5.27. The number of ether oxygens (including phenoxy) is 1. The van der Waals surface area contributed by atoms with Gasteiger partial charge in [-0.05, 0) is 48.7 Å². The van der Waals surface area contributed by atoms with Crippen LogP contribution in [0, 0.1) is 5.92 Å². The molecule has 1 radical (unpaired) electrons. The van der Waals surface area contributed by atoms with E-state index in [1.807, 2.05) is 42.6 Å². The van der Waals surface area contributed by atoms with E-state index in [-0.39, 0.29) is 0 Å². The molecule has 1 heterocycles. The third-order valence-electron chi connectivity index (χ3n) is 3.18. The first kappa shape index (κ1) is 16.0. The van der Waals surface area contributed by atoms with Crippen molar-refractivity contribution in [2.45, 2.75) is 20.3 Å². The second kappa shape index (κ2) is 7.59. The smallest absolute Gasteiger partial charge is 0.118 e.